The molecule has 0 aromatic heterocycles. The van der Waals surface area contributed by atoms with Gasteiger partial charge in [0.05, 0.1) is 17.5 Å². The summed E-state index contributed by atoms with van der Waals surface area (Å²) in [5, 5.41) is 20.0. The van der Waals surface area contributed by atoms with Crippen LogP contribution in [0.2, 0.25) is 5.02 Å². The summed E-state index contributed by atoms with van der Waals surface area (Å²) < 4.78 is 11.4. The predicted octanol–water partition coefficient (Wildman–Crippen LogP) is 3.61. The number of halogens is 1. The van der Waals surface area contributed by atoms with Gasteiger partial charge >= 0.3 is 0 Å². The van der Waals surface area contributed by atoms with Crippen LogP contribution in [0.1, 0.15) is 38.2 Å². The highest BCUT2D eigenvalue weighted by atomic mass is 35.5. The van der Waals surface area contributed by atoms with Gasteiger partial charge in [-0.25, -0.2) is 5.48 Å². The van der Waals surface area contributed by atoms with Crippen LogP contribution >= 0.6 is 11.6 Å². The number of ether oxygens (including phenoxy) is 2. The molecule has 1 saturated heterocycles. The molecule has 3 rings (SSSR count). The van der Waals surface area contributed by atoms with Gasteiger partial charge in [-0.1, -0.05) is 35.9 Å². The zero-order chi connectivity index (χ0) is 25.2. The highest BCUT2D eigenvalue weighted by Gasteiger charge is 2.36. The Morgan fingerprint density at radius 1 is 1.14 bits per heavy atom. The van der Waals surface area contributed by atoms with Crippen LogP contribution in [0.5, 0.6) is 11.5 Å². The van der Waals surface area contributed by atoms with E-state index >= 15 is 0 Å². The Kier molecular flexibility index (Phi) is 10.2. The van der Waals surface area contributed by atoms with Crippen molar-refractivity contribution in [1.29, 1.82) is 0 Å². The number of aryl methyl sites for hydroxylation is 1. The molecule has 8 nitrogen and oxygen atoms in total. The third-order valence-electron chi connectivity index (χ3n) is 6.18. The zero-order valence-corrected chi connectivity index (χ0v) is 20.6. The fraction of sp³-hybridized carbons (Fsp3) is 0.462. The summed E-state index contributed by atoms with van der Waals surface area (Å²) in [7, 11) is 0. The van der Waals surface area contributed by atoms with Gasteiger partial charge in [-0.15, -0.1) is 0 Å². The van der Waals surface area contributed by atoms with Crippen molar-refractivity contribution >= 4 is 23.4 Å². The number of nitrogens with one attached hydrogen (secondary N) is 1. The number of hydrogen-bond acceptors (Lipinski definition) is 6. The minimum absolute atomic E-state index is 0.0808. The van der Waals surface area contributed by atoms with E-state index in [2.05, 4.69) is 0 Å². The summed E-state index contributed by atoms with van der Waals surface area (Å²) in [5.74, 6) is -0.835. The first-order chi connectivity index (χ1) is 16.9. The van der Waals surface area contributed by atoms with Crippen molar-refractivity contribution in [3.8, 4) is 11.5 Å². The summed E-state index contributed by atoms with van der Waals surface area (Å²) >= 11 is 6.18. The van der Waals surface area contributed by atoms with Crippen LogP contribution in [-0.4, -0.2) is 58.9 Å². The summed E-state index contributed by atoms with van der Waals surface area (Å²) in [4.78, 5) is 26.9. The predicted molar refractivity (Wildman–Crippen MR) is 132 cm³/mol. The monoisotopic (exact) mass is 504 g/mol. The lowest BCUT2D eigenvalue weighted by Crippen LogP contribution is -2.49. The second kappa shape index (κ2) is 13.3. The van der Waals surface area contributed by atoms with Crippen molar-refractivity contribution < 1.29 is 29.4 Å². The smallest absolute Gasteiger partial charge is 0.272 e. The van der Waals surface area contributed by atoms with Gasteiger partial charge in [0.1, 0.15) is 23.7 Å². The quantitative estimate of drug-likeness (QED) is 0.318. The van der Waals surface area contributed by atoms with Gasteiger partial charge in [-0.05, 0) is 56.0 Å². The molecule has 0 spiro atoms. The number of likely N-dealkylation sites (tertiary alicyclic amines) is 1. The van der Waals surface area contributed by atoms with Gasteiger partial charge < -0.3 is 19.5 Å². The third-order valence-corrected chi connectivity index (χ3v) is 6.49. The highest BCUT2D eigenvalue weighted by Crippen LogP contribution is 2.28. The lowest BCUT2D eigenvalue weighted by atomic mass is 9.91. The average Bonchev–Trinajstić information content (AvgIpc) is 2.88. The first-order valence-electron chi connectivity index (χ1n) is 12.0. The Labute approximate surface area is 210 Å². The molecule has 3 N–H and O–H groups in total. The molecule has 9 heteroatoms. The second-order valence-corrected chi connectivity index (χ2v) is 8.98. The molecule has 1 fully saturated rings. The summed E-state index contributed by atoms with van der Waals surface area (Å²) in [6.07, 6.45) is 1.07. The topological polar surface area (TPSA) is 108 Å². The van der Waals surface area contributed by atoms with Crippen LogP contribution in [0.3, 0.4) is 0 Å². The first kappa shape index (κ1) is 26.8. The second-order valence-electron chi connectivity index (χ2n) is 8.57. The Morgan fingerprint density at radius 3 is 2.46 bits per heavy atom. The van der Waals surface area contributed by atoms with Gasteiger partial charge in [0.15, 0.2) is 0 Å². The number of para-hydroxylation sites is 1. The van der Waals surface area contributed by atoms with E-state index < -0.39 is 17.9 Å². The van der Waals surface area contributed by atoms with Crippen molar-refractivity contribution in [1.82, 2.24) is 10.4 Å². The van der Waals surface area contributed by atoms with E-state index in [0.717, 1.165) is 11.3 Å². The van der Waals surface area contributed by atoms with Gasteiger partial charge in [0.2, 0.25) is 5.91 Å². The number of aliphatic hydroxyl groups is 1. The molecule has 190 valence electrons. The highest BCUT2D eigenvalue weighted by molar-refractivity contribution is 6.32. The Balaban J connectivity index is 1.56. The molecule has 2 amide bonds. The van der Waals surface area contributed by atoms with Crippen LogP contribution < -0.4 is 15.0 Å². The number of rotatable bonds is 11. The molecular weight excluding hydrogens is 472 g/mol. The third kappa shape index (κ3) is 7.59. The van der Waals surface area contributed by atoms with E-state index in [4.69, 9.17) is 26.3 Å². The van der Waals surface area contributed by atoms with E-state index in [1.165, 1.54) is 5.48 Å². The molecule has 0 aliphatic carbocycles. The molecule has 2 aromatic rings. The fourth-order valence-electron chi connectivity index (χ4n) is 4.26. The summed E-state index contributed by atoms with van der Waals surface area (Å²) in [6, 6.07) is 15.0. The molecule has 35 heavy (non-hydrogen) atoms. The lowest BCUT2D eigenvalue weighted by Gasteiger charge is -2.35. The molecule has 2 atom stereocenters. The molecule has 1 aliphatic rings. The van der Waals surface area contributed by atoms with E-state index in [-0.39, 0.29) is 12.0 Å². The summed E-state index contributed by atoms with van der Waals surface area (Å²) in [6.45, 7) is 3.40. The molecule has 1 aliphatic heterocycles. The Bertz CT molecular complexity index is 963. The molecule has 1 unspecified atom stereocenters. The number of hydroxylamine groups is 1. The van der Waals surface area contributed by atoms with Crippen molar-refractivity contribution in [2.24, 2.45) is 5.92 Å². The average molecular weight is 505 g/mol. The van der Waals surface area contributed by atoms with Gasteiger partial charge in [-0.2, -0.15) is 0 Å². The number of carbonyl (C=O) groups is 2. The number of benzene rings is 2. The van der Waals surface area contributed by atoms with Gasteiger partial charge in [0, 0.05) is 25.9 Å². The zero-order valence-electron chi connectivity index (χ0n) is 19.9. The minimum Gasteiger partial charge on any atom is -0.494 e. The number of aliphatic hydroxyl groups excluding tert-OH is 1. The van der Waals surface area contributed by atoms with Crippen LogP contribution in [0.4, 0.5) is 0 Å². The number of amides is 2. The molecule has 0 saturated carbocycles. The maximum Gasteiger partial charge on any atom is 0.272 e. The molecule has 0 radical (unpaired) electrons. The largest absolute Gasteiger partial charge is 0.494 e. The van der Waals surface area contributed by atoms with Gasteiger partial charge in [0.25, 0.3) is 5.91 Å². The van der Waals surface area contributed by atoms with E-state index in [1.807, 2.05) is 49.4 Å². The summed E-state index contributed by atoms with van der Waals surface area (Å²) in [5.41, 5.74) is 2.53. The maximum atomic E-state index is 13.3. The van der Waals surface area contributed by atoms with Crippen LogP contribution in [0.25, 0.3) is 0 Å². The van der Waals surface area contributed by atoms with E-state index in [1.54, 1.807) is 11.0 Å². The van der Waals surface area contributed by atoms with Crippen molar-refractivity contribution in [2.45, 2.75) is 51.2 Å². The number of hydrogen-bond donors (Lipinski definition) is 3. The molecule has 2 aromatic carbocycles. The van der Waals surface area contributed by atoms with Gasteiger partial charge in [-0.3, -0.25) is 14.8 Å². The lowest BCUT2D eigenvalue weighted by molar-refractivity contribution is -0.151. The Hall–Kier alpha value is -2.81. The van der Waals surface area contributed by atoms with Crippen molar-refractivity contribution in [2.75, 3.05) is 19.7 Å². The van der Waals surface area contributed by atoms with E-state index in [9.17, 15) is 14.7 Å². The van der Waals surface area contributed by atoms with Crippen LogP contribution in [0, 0.1) is 5.92 Å². The van der Waals surface area contributed by atoms with Crippen LogP contribution in [-0.2, 0) is 16.0 Å². The fourth-order valence-corrected chi connectivity index (χ4v) is 4.44. The molecular formula is C26H33ClN2O6. The van der Waals surface area contributed by atoms with Crippen molar-refractivity contribution in [3.63, 3.8) is 0 Å². The minimum atomic E-state index is -1.63. The maximum absolute atomic E-state index is 13.3. The molecule has 0 bridgehead atoms. The number of carbonyl (C=O) groups excluding carboxylic acids is 2. The number of piperidine rings is 1. The number of nitrogens with zero attached hydrogens (tertiary/aromatic N) is 1. The van der Waals surface area contributed by atoms with E-state index in [0.29, 0.717) is 62.6 Å². The first-order valence-corrected chi connectivity index (χ1v) is 12.3. The van der Waals surface area contributed by atoms with Crippen molar-refractivity contribution in [3.05, 3.63) is 59.1 Å². The molecule has 1 heterocycles. The normalized spacial score (nSPS) is 15.8. The van der Waals surface area contributed by atoms with Crippen LogP contribution in [0.15, 0.2) is 48.5 Å². The standard InChI is InChI=1S/C26H33ClN2O6/c1-2-34-19-12-10-18(11-13-19)6-5-7-21(24(30)25(31)28-33)26(32)29-16-14-20(15-17-29)35-23-9-4-3-8-22(23)27/h3-4,8-13,20-21,24,30,33H,2,5-7,14-17H2,1H3,(H,28,31)/t21?,24-/m0/s1. The SMILES string of the molecule is CCOc1ccc(CCCC(C(=O)N2CCC(Oc3ccccc3Cl)CC2)[C@H](O)C(=O)NO)cc1. The Morgan fingerprint density at radius 2 is 1.83 bits per heavy atom.